The Kier molecular flexibility index (Phi) is 6.54. The Morgan fingerprint density at radius 1 is 1.26 bits per heavy atom. The molecule has 0 saturated heterocycles. The van der Waals surface area contributed by atoms with Crippen LogP contribution in [-0.4, -0.2) is 33.7 Å². The number of benzene rings is 1. The number of rotatable bonds is 5. The molecule has 6 nitrogen and oxygen atoms in total. The molecule has 0 spiro atoms. The van der Waals surface area contributed by atoms with E-state index >= 15 is 0 Å². The first kappa shape index (κ1) is 21.8. The molecule has 9 heteroatoms. The summed E-state index contributed by atoms with van der Waals surface area (Å²) in [5.41, 5.74) is -2.22. The minimum atomic E-state index is -1.17. The normalized spacial score (nSPS) is 19.1. The molecule has 2 N–H and O–H groups in total. The van der Waals surface area contributed by atoms with Gasteiger partial charge in [-0.25, -0.2) is 18.3 Å². The number of carbonyl (C=O) groups is 1. The minimum Gasteiger partial charge on any atom is -0.506 e. The molecular formula is C22H18F3N3O3. The van der Waals surface area contributed by atoms with Gasteiger partial charge >= 0.3 is 5.97 Å². The molecule has 0 aliphatic heterocycles. The van der Waals surface area contributed by atoms with Gasteiger partial charge in [0.2, 0.25) is 5.95 Å². The summed E-state index contributed by atoms with van der Waals surface area (Å²) in [6, 6.07) is 4.92. The van der Waals surface area contributed by atoms with Gasteiger partial charge < -0.3 is 9.84 Å². The fraction of sp³-hybridized carbons (Fsp3) is 0.136. The van der Waals surface area contributed by atoms with Crippen molar-refractivity contribution >= 4 is 17.4 Å². The molecule has 3 rings (SSSR count). The van der Waals surface area contributed by atoms with Crippen molar-refractivity contribution in [2.75, 3.05) is 7.11 Å². The Bertz CT molecular complexity index is 1160. The van der Waals surface area contributed by atoms with Crippen LogP contribution in [0.2, 0.25) is 0 Å². The summed E-state index contributed by atoms with van der Waals surface area (Å²) in [6.45, 7) is 0. The molecule has 0 radical (unpaired) electrons. The highest BCUT2D eigenvalue weighted by atomic mass is 19.1. The lowest BCUT2D eigenvalue weighted by Crippen LogP contribution is -2.19. The van der Waals surface area contributed by atoms with Crippen molar-refractivity contribution in [2.24, 2.45) is 0 Å². The molecule has 31 heavy (non-hydrogen) atoms. The zero-order chi connectivity index (χ0) is 22.5. The molecule has 0 saturated carbocycles. The number of aliphatic hydroxyl groups excluding tert-OH is 1. The monoisotopic (exact) mass is 429 g/mol. The summed E-state index contributed by atoms with van der Waals surface area (Å²) in [5, 5.41) is 22.8. The lowest BCUT2D eigenvalue weighted by Gasteiger charge is -2.13. The third kappa shape index (κ3) is 4.50. The first-order valence-electron chi connectivity index (χ1n) is 9.18. The summed E-state index contributed by atoms with van der Waals surface area (Å²) < 4.78 is 48.3. The molecule has 2 aromatic rings. The van der Waals surface area contributed by atoms with E-state index in [1.165, 1.54) is 36.4 Å². The number of hydrogen-bond acceptors (Lipinski definition) is 5. The van der Waals surface area contributed by atoms with Crippen LogP contribution in [0.3, 0.4) is 0 Å². The lowest BCUT2D eigenvalue weighted by atomic mass is 9.96. The SMILES string of the molecule is COC(=O)/C(C(=N)C1=C/C=C\CC/C=C\1F)=C(/O)c1cnn(-c2cccc(F)c2)c1F. The van der Waals surface area contributed by atoms with E-state index in [2.05, 4.69) is 9.84 Å². The van der Waals surface area contributed by atoms with Gasteiger partial charge in [-0.1, -0.05) is 24.3 Å². The number of nitrogens with zero attached hydrogens (tertiary/aromatic N) is 2. The fourth-order valence-electron chi connectivity index (χ4n) is 2.93. The standard InChI is InChI=1S/C22H18F3N3O3/c1-31-22(30)18(19(26)15-9-4-2-3-5-10-17(15)24)20(29)16-12-27-28(21(16)25)14-8-6-7-13(23)11-14/h2,4,6-12,26,29H,3,5H2,1H3/b4-2-,15-9+,17-10+,20-18+,26-19?. The van der Waals surface area contributed by atoms with Crippen LogP contribution in [0.4, 0.5) is 13.2 Å². The van der Waals surface area contributed by atoms with Crippen LogP contribution in [0.25, 0.3) is 11.4 Å². The fourth-order valence-corrected chi connectivity index (χ4v) is 2.93. The van der Waals surface area contributed by atoms with Gasteiger partial charge in [-0.3, -0.25) is 5.41 Å². The third-order valence-electron chi connectivity index (χ3n) is 4.48. The zero-order valence-electron chi connectivity index (χ0n) is 16.4. The van der Waals surface area contributed by atoms with E-state index in [4.69, 9.17) is 5.41 Å². The third-order valence-corrected chi connectivity index (χ3v) is 4.48. The molecule has 0 amide bonds. The van der Waals surface area contributed by atoms with E-state index in [0.717, 1.165) is 19.4 Å². The number of allylic oxidation sites excluding steroid dienone is 6. The Labute approximate surface area is 175 Å². The second kappa shape index (κ2) is 9.29. The van der Waals surface area contributed by atoms with Crippen LogP contribution in [0, 0.1) is 17.2 Å². The Hall–Kier alpha value is -3.88. The molecule has 0 unspecified atom stereocenters. The molecule has 0 bridgehead atoms. The second-order valence-corrected chi connectivity index (χ2v) is 6.47. The van der Waals surface area contributed by atoms with Crippen LogP contribution in [0.5, 0.6) is 0 Å². The molecule has 1 aromatic heterocycles. The van der Waals surface area contributed by atoms with Crippen LogP contribution in [0.1, 0.15) is 18.4 Å². The van der Waals surface area contributed by atoms with Gasteiger partial charge in [0.05, 0.1) is 30.3 Å². The maximum atomic E-state index is 15.0. The number of aliphatic hydroxyl groups is 1. The lowest BCUT2D eigenvalue weighted by molar-refractivity contribution is -0.135. The van der Waals surface area contributed by atoms with E-state index in [9.17, 15) is 23.1 Å². The van der Waals surface area contributed by atoms with Gasteiger partial charge in [0, 0.05) is 5.57 Å². The maximum absolute atomic E-state index is 15.0. The van der Waals surface area contributed by atoms with Crippen LogP contribution >= 0.6 is 0 Å². The highest BCUT2D eigenvalue weighted by Crippen LogP contribution is 2.27. The molecular weight excluding hydrogens is 411 g/mol. The zero-order valence-corrected chi connectivity index (χ0v) is 16.4. The maximum Gasteiger partial charge on any atom is 0.343 e. The molecule has 160 valence electrons. The second-order valence-electron chi connectivity index (χ2n) is 6.47. The Morgan fingerprint density at radius 3 is 2.74 bits per heavy atom. The average molecular weight is 429 g/mol. The van der Waals surface area contributed by atoms with Crippen LogP contribution in [0.15, 0.2) is 71.7 Å². The van der Waals surface area contributed by atoms with Crippen molar-refractivity contribution in [2.45, 2.75) is 12.8 Å². The number of nitrogens with one attached hydrogen (secondary N) is 1. The summed E-state index contributed by atoms with van der Waals surface area (Å²) in [5.74, 6) is -4.63. The Morgan fingerprint density at radius 2 is 2.03 bits per heavy atom. The first-order chi connectivity index (χ1) is 14.8. The highest BCUT2D eigenvalue weighted by molar-refractivity contribution is 6.30. The van der Waals surface area contributed by atoms with Gasteiger partial charge in [0.1, 0.15) is 23.0 Å². The van der Waals surface area contributed by atoms with E-state index < -0.39 is 46.2 Å². The number of aromatic nitrogens is 2. The number of esters is 1. The van der Waals surface area contributed by atoms with E-state index in [1.54, 1.807) is 6.08 Å². The van der Waals surface area contributed by atoms with Crippen molar-refractivity contribution in [1.29, 1.82) is 5.41 Å². The number of hydrogen-bond donors (Lipinski definition) is 2. The first-order valence-corrected chi connectivity index (χ1v) is 9.18. The summed E-state index contributed by atoms with van der Waals surface area (Å²) >= 11 is 0. The molecule has 1 aromatic carbocycles. The molecule has 1 aliphatic carbocycles. The van der Waals surface area contributed by atoms with Gasteiger partial charge in [0.25, 0.3) is 0 Å². The summed E-state index contributed by atoms with van der Waals surface area (Å²) in [4.78, 5) is 12.3. The Balaban J connectivity index is 2.13. The van der Waals surface area contributed by atoms with Gasteiger partial charge in [-0.05, 0) is 37.1 Å². The van der Waals surface area contributed by atoms with E-state index in [0.29, 0.717) is 17.5 Å². The van der Waals surface area contributed by atoms with Gasteiger partial charge in [0.15, 0.2) is 0 Å². The summed E-state index contributed by atoms with van der Waals surface area (Å²) in [6.07, 6.45) is 7.68. The van der Waals surface area contributed by atoms with Gasteiger partial charge in [-0.2, -0.15) is 9.49 Å². The largest absolute Gasteiger partial charge is 0.506 e. The smallest absolute Gasteiger partial charge is 0.343 e. The van der Waals surface area contributed by atoms with Gasteiger partial charge in [-0.15, -0.1) is 0 Å². The number of carbonyl (C=O) groups excluding carboxylic acids is 1. The van der Waals surface area contributed by atoms with Crippen molar-refractivity contribution in [3.05, 3.63) is 89.1 Å². The molecule has 1 heterocycles. The molecule has 0 atom stereocenters. The molecule has 0 fully saturated rings. The summed E-state index contributed by atoms with van der Waals surface area (Å²) in [7, 11) is 1.01. The predicted octanol–water partition coefficient (Wildman–Crippen LogP) is 4.74. The van der Waals surface area contributed by atoms with Crippen molar-refractivity contribution in [3.8, 4) is 5.69 Å². The van der Waals surface area contributed by atoms with Crippen LogP contribution in [-0.2, 0) is 9.53 Å². The average Bonchev–Trinajstić information content (AvgIpc) is 3.12. The quantitative estimate of drug-likeness (QED) is 0.311. The van der Waals surface area contributed by atoms with Crippen LogP contribution < -0.4 is 0 Å². The molecule has 1 aliphatic rings. The highest BCUT2D eigenvalue weighted by Gasteiger charge is 2.29. The van der Waals surface area contributed by atoms with Crippen molar-refractivity contribution < 1.29 is 27.8 Å². The number of methoxy groups -OCH3 is 1. The number of ether oxygens (including phenoxy) is 1. The minimum absolute atomic E-state index is 0.0353. The van der Waals surface area contributed by atoms with Crippen molar-refractivity contribution in [3.63, 3.8) is 0 Å². The van der Waals surface area contributed by atoms with Crippen molar-refractivity contribution in [1.82, 2.24) is 9.78 Å². The predicted molar refractivity (Wildman–Crippen MR) is 108 cm³/mol. The van der Waals surface area contributed by atoms with E-state index in [1.807, 2.05) is 0 Å². The topological polar surface area (TPSA) is 88.2 Å². The number of halogens is 3. The van der Waals surface area contributed by atoms with E-state index in [-0.39, 0.29) is 11.3 Å².